The number of fused-ring (bicyclic) bond motifs is 2. The molecule has 256 valence electrons. The van der Waals surface area contributed by atoms with E-state index in [0.29, 0.717) is 18.7 Å². The summed E-state index contributed by atoms with van der Waals surface area (Å²) >= 11 is 0. The van der Waals surface area contributed by atoms with E-state index in [4.69, 9.17) is 14.2 Å². The van der Waals surface area contributed by atoms with Gasteiger partial charge >= 0.3 is 0 Å². The molecule has 1 N–H and O–H groups in total. The number of amides is 2. The van der Waals surface area contributed by atoms with Crippen molar-refractivity contribution in [1.82, 2.24) is 4.90 Å². The van der Waals surface area contributed by atoms with Crippen molar-refractivity contribution in [2.75, 3.05) is 25.7 Å². The fourth-order valence-corrected chi connectivity index (χ4v) is 11.1. The van der Waals surface area contributed by atoms with E-state index in [9.17, 15) is 14.7 Å². The van der Waals surface area contributed by atoms with Crippen LogP contribution < -0.4 is 19.6 Å². The highest BCUT2D eigenvalue weighted by atomic mass is 28.3. The van der Waals surface area contributed by atoms with Crippen LogP contribution in [0.4, 0.5) is 11.4 Å². The third-order valence-electron chi connectivity index (χ3n) is 10.7. The van der Waals surface area contributed by atoms with Crippen LogP contribution in [0.2, 0.25) is 18.6 Å². The first-order chi connectivity index (χ1) is 23.7. The number of hydrogen-bond donors (Lipinski definition) is 1. The van der Waals surface area contributed by atoms with E-state index >= 15 is 0 Å². The van der Waals surface area contributed by atoms with E-state index in [-0.39, 0.29) is 48.6 Å². The van der Waals surface area contributed by atoms with Crippen molar-refractivity contribution in [1.29, 1.82) is 0 Å². The monoisotopic (exact) mass is 678 g/mol. The van der Waals surface area contributed by atoms with Crippen molar-refractivity contribution in [2.45, 2.75) is 63.2 Å². The minimum absolute atomic E-state index is 0.0167. The number of rotatable bonds is 11. The van der Waals surface area contributed by atoms with Crippen LogP contribution in [0.25, 0.3) is 0 Å². The summed E-state index contributed by atoms with van der Waals surface area (Å²) in [5, 5.41) is 11.6. The van der Waals surface area contributed by atoms with E-state index < -0.39 is 8.07 Å². The predicted octanol–water partition coefficient (Wildman–Crippen LogP) is 6.40. The smallest absolute Gasteiger partial charge is 0.223 e. The van der Waals surface area contributed by atoms with Crippen LogP contribution in [-0.4, -0.2) is 63.4 Å². The Morgan fingerprint density at radius 3 is 2.33 bits per heavy atom. The summed E-state index contributed by atoms with van der Waals surface area (Å²) in [4.78, 5) is 30.2. The van der Waals surface area contributed by atoms with Gasteiger partial charge in [0.15, 0.2) is 0 Å². The Morgan fingerprint density at radius 1 is 0.980 bits per heavy atom. The first-order valence-electron chi connectivity index (χ1n) is 16.9. The van der Waals surface area contributed by atoms with Crippen molar-refractivity contribution in [2.24, 2.45) is 5.92 Å². The Labute approximate surface area is 290 Å². The van der Waals surface area contributed by atoms with E-state index in [2.05, 4.69) is 44.3 Å². The van der Waals surface area contributed by atoms with Crippen LogP contribution in [0.15, 0.2) is 97.1 Å². The van der Waals surface area contributed by atoms with E-state index in [0.717, 1.165) is 34.7 Å². The minimum Gasteiger partial charge on any atom is -0.497 e. The normalized spacial score (nSPS) is 20.7. The summed E-state index contributed by atoms with van der Waals surface area (Å²) in [7, 11) is 0.919. The number of aliphatic hydroxyl groups is 1. The third kappa shape index (κ3) is 6.75. The predicted molar refractivity (Wildman–Crippen MR) is 194 cm³/mol. The molecule has 0 bridgehead atoms. The molecular formula is C40H46N2O6Si. The fourth-order valence-electron chi connectivity index (χ4n) is 7.74. The molecular weight excluding hydrogens is 633 g/mol. The summed E-state index contributed by atoms with van der Waals surface area (Å²) in [6, 6.07) is 31.4. The van der Waals surface area contributed by atoms with Crippen molar-refractivity contribution >= 4 is 37.0 Å². The molecule has 2 aliphatic heterocycles. The Balaban J connectivity index is 1.37. The summed E-state index contributed by atoms with van der Waals surface area (Å²) in [6.45, 7) is 7.12. The highest BCUT2D eigenvalue weighted by Gasteiger charge is 2.49. The zero-order valence-corrected chi connectivity index (χ0v) is 29.9. The lowest BCUT2D eigenvalue weighted by molar-refractivity contribution is -0.136. The standard InChI is InChI=1S/C40H46N2O6Si/c1-27-39(47-3)35-22-31(42(26-44)30-13-7-6-8-14-30)15-20-36(35)48-40(27)37(49(4,5)34-18-16-33(46-2)17-19-34)23-38(45)41-24-29-12-10-9-11-28(29)21-32(41)25-43/h6-20,22,26-27,32,37,39-40,43H,21,23-25H2,1-5H3/t27-,32-,37?,39-,40-/m0/s1. The molecule has 5 atom stereocenters. The van der Waals surface area contributed by atoms with Gasteiger partial charge in [-0.2, -0.15) is 0 Å². The molecule has 2 amide bonds. The number of nitrogens with zero attached hydrogens (tertiary/aromatic N) is 2. The van der Waals surface area contributed by atoms with Gasteiger partial charge in [0.05, 0.1) is 33.9 Å². The van der Waals surface area contributed by atoms with Gasteiger partial charge in [-0.05, 0) is 60.0 Å². The molecule has 0 fully saturated rings. The van der Waals surface area contributed by atoms with Gasteiger partial charge in [-0.3, -0.25) is 14.5 Å². The molecule has 0 saturated carbocycles. The van der Waals surface area contributed by atoms with Gasteiger partial charge in [-0.1, -0.05) is 79.8 Å². The largest absolute Gasteiger partial charge is 0.497 e. The maximum atomic E-state index is 14.5. The van der Waals surface area contributed by atoms with E-state index in [1.54, 1.807) is 19.1 Å². The number of anilines is 2. The Bertz CT molecular complexity index is 1760. The van der Waals surface area contributed by atoms with Crippen LogP contribution in [-0.2, 0) is 27.3 Å². The first-order valence-corrected chi connectivity index (χ1v) is 20.0. The van der Waals surface area contributed by atoms with Gasteiger partial charge in [0, 0.05) is 48.5 Å². The van der Waals surface area contributed by atoms with E-state index in [1.165, 1.54) is 10.8 Å². The Kier molecular flexibility index (Phi) is 10.2. The fraction of sp³-hybridized carbons (Fsp3) is 0.350. The molecule has 0 aromatic heterocycles. The van der Waals surface area contributed by atoms with Crippen molar-refractivity contribution in [3.8, 4) is 11.5 Å². The Hall–Kier alpha value is -4.44. The molecule has 2 aliphatic rings. The lowest BCUT2D eigenvalue weighted by Gasteiger charge is -2.46. The van der Waals surface area contributed by atoms with Crippen molar-refractivity contribution in [3.05, 3.63) is 114 Å². The van der Waals surface area contributed by atoms with Gasteiger partial charge in [0.2, 0.25) is 12.3 Å². The highest BCUT2D eigenvalue weighted by Crippen LogP contribution is 2.48. The molecule has 1 unspecified atom stereocenters. The van der Waals surface area contributed by atoms with Gasteiger partial charge in [-0.25, -0.2) is 0 Å². The molecule has 6 rings (SSSR count). The lowest BCUT2D eigenvalue weighted by Crippen LogP contribution is -2.56. The second-order valence-electron chi connectivity index (χ2n) is 13.7. The number of methoxy groups -OCH3 is 2. The maximum Gasteiger partial charge on any atom is 0.223 e. The van der Waals surface area contributed by atoms with Gasteiger partial charge in [0.1, 0.15) is 17.6 Å². The maximum absolute atomic E-state index is 14.5. The number of para-hydroxylation sites is 1. The van der Waals surface area contributed by atoms with Crippen molar-refractivity contribution in [3.63, 3.8) is 0 Å². The van der Waals surface area contributed by atoms with Crippen LogP contribution in [0.3, 0.4) is 0 Å². The topological polar surface area (TPSA) is 88.5 Å². The summed E-state index contributed by atoms with van der Waals surface area (Å²) in [5.41, 5.74) is 4.51. The number of carbonyl (C=O) groups excluding carboxylic acids is 2. The number of aliphatic hydroxyl groups excluding tert-OH is 1. The zero-order chi connectivity index (χ0) is 34.7. The molecule has 0 radical (unpaired) electrons. The average molecular weight is 679 g/mol. The van der Waals surface area contributed by atoms with E-state index in [1.807, 2.05) is 77.7 Å². The molecule has 4 aromatic carbocycles. The molecule has 9 heteroatoms. The SMILES string of the molecule is COc1ccc([Si](C)(C)C(CC(=O)N2Cc3ccccc3C[C@H]2CO)[C@H]2Oc3ccc(N(C=O)c4ccccc4)cc3[C@@H](OC)[C@@H]2C)cc1. The number of ether oxygens (including phenoxy) is 3. The molecule has 8 nitrogen and oxygen atoms in total. The van der Waals surface area contributed by atoms with Crippen LogP contribution in [0.1, 0.15) is 36.1 Å². The van der Waals surface area contributed by atoms with Crippen LogP contribution >= 0.6 is 0 Å². The Morgan fingerprint density at radius 2 is 1.67 bits per heavy atom. The second-order valence-corrected chi connectivity index (χ2v) is 18.5. The minimum atomic E-state index is -2.45. The van der Waals surface area contributed by atoms with Crippen LogP contribution in [0.5, 0.6) is 11.5 Å². The quantitative estimate of drug-likeness (QED) is 0.146. The van der Waals surface area contributed by atoms with Crippen molar-refractivity contribution < 1.29 is 28.9 Å². The molecule has 0 aliphatic carbocycles. The first kappa shape index (κ1) is 34.4. The molecule has 4 aromatic rings. The number of benzene rings is 4. The molecule has 49 heavy (non-hydrogen) atoms. The number of carbonyl (C=O) groups is 2. The summed E-state index contributed by atoms with van der Waals surface area (Å²) < 4.78 is 18.6. The van der Waals surface area contributed by atoms with Gasteiger partial charge in [0.25, 0.3) is 0 Å². The lowest BCUT2D eigenvalue weighted by atomic mass is 9.86. The van der Waals surface area contributed by atoms with Gasteiger partial charge in [-0.15, -0.1) is 0 Å². The second kappa shape index (κ2) is 14.6. The summed E-state index contributed by atoms with van der Waals surface area (Å²) in [5.74, 6) is 1.37. The summed E-state index contributed by atoms with van der Waals surface area (Å²) in [6.07, 6.45) is 1.05. The van der Waals surface area contributed by atoms with Crippen LogP contribution in [0, 0.1) is 5.92 Å². The third-order valence-corrected chi connectivity index (χ3v) is 14.9. The zero-order valence-electron chi connectivity index (χ0n) is 28.9. The molecule has 0 spiro atoms. The number of hydrogen-bond acceptors (Lipinski definition) is 6. The average Bonchev–Trinajstić information content (AvgIpc) is 3.13. The van der Waals surface area contributed by atoms with Gasteiger partial charge < -0.3 is 24.2 Å². The molecule has 2 heterocycles. The highest BCUT2D eigenvalue weighted by molar-refractivity contribution is 6.91. The molecule has 0 saturated heterocycles.